The van der Waals surface area contributed by atoms with Crippen molar-refractivity contribution in [2.24, 2.45) is 0 Å². The third kappa shape index (κ3) is 3.10. The Morgan fingerprint density at radius 2 is 2.00 bits per heavy atom. The molecule has 1 aromatic carbocycles. The van der Waals surface area contributed by atoms with Crippen molar-refractivity contribution in [2.45, 2.75) is 19.3 Å². The minimum Gasteiger partial charge on any atom is -0.281 e. The first kappa shape index (κ1) is 11.7. The fourth-order valence-electron chi connectivity index (χ4n) is 1.21. The zero-order valence-corrected chi connectivity index (χ0v) is 10.3. The zero-order chi connectivity index (χ0) is 10.6. The number of halogens is 2. The van der Waals surface area contributed by atoms with E-state index in [2.05, 4.69) is 15.9 Å². The van der Waals surface area contributed by atoms with E-state index >= 15 is 0 Å². The molecule has 0 aliphatic carbocycles. The molecular weight excluding hydrogens is 263 g/mol. The lowest BCUT2D eigenvalue weighted by atomic mass is 10.0. The predicted molar refractivity (Wildman–Crippen MR) is 63.2 cm³/mol. The van der Waals surface area contributed by atoms with Gasteiger partial charge in [-0.15, -0.1) is 0 Å². The van der Waals surface area contributed by atoms with Gasteiger partial charge in [-0.2, -0.15) is 0 Å². The van der Waals surface area contributed by atoms with Crippen LogP contribution in [-0.4, -0.2) is 10.6 Å². The fourth-order valence-corrected chi connectivity index (χ4v) is 1.80. The van der Waals surface area contributed by atoms with Crippen LogP contribution in [0.25, 0.3) is 0 Å². The molecule has 0 radical (unpaired) electrons. The molecule has 1 atom stereocenters. The van der Waals surface area contributed by atoms with Crippen molar-refractivity contribution in [3.63, 3.8) is 0 Å². The summed E-state index contributed by atoms with van der Waals surface area (Å²) in [7, 11) is 0. The van der Waals surface area contributed by atoms with Crippen molar-refractivity contribution in [3.05, 3.63) is 35.4 Å². The van der Waals surface area contributed by atoms with E-state index in [1.807, 2.05) is 31.2 Å². The number of alkyl halides is 1. The minimum absolute atomic E-state index is 0.213. The maximum Gasteiger partial charge on any atom is 0.228 e. The number of benzene rings is 1. The van der Waals surface area contributed by atoms with Crippen molar-refractivity contribution in [2.75, 3.05) is 5.33 Å². The first-order valence-electron chi connectivity index (χ1n) is 4.49. The molecule has 0 aromatic heterocycles. The summed E-state index contributed by atoms with van der Waals surface area (Å²) in [5.74, 6) is -0.213. The molecule has 0 saturated heterocycles. The van der Waals surface area contributed by atoms with Gasteiger partial charge in [-0.1, -0.05) is 47.1 Å². The highest BCUT2D eigenvalue weighted by molar-refractivity contribution is 9.09. The summed E-state index contributed by atoms with van der Waals surface area (Å²) in [4.78, 5) is 10.9. The Morgan fingerprint density at radius 3 is 2.43 bits per heavy atom. The van der Waals surface area contributed by atoms with Gasteiger partial charge in [0.25, 0.3) is 0 Å². The summed E-state index contributed by atoms with van der Waals surface area (Å²) in [6.07, 6.45) is 1.00. The standard InChI is InChI=1S/C11H12BrClO/c1-8(11(13)14)10-4-2-9(3-5-10)6-7-12/h2-5,8H,6-7H2,1H3. The van der Waals surface area contributed by atoms with E-state index in [-0.39, 0.29) is 11.2 Å². The SMILES string of the molecule is CC(C(=O)Cl)c1ccc(CCBr)cc1. The summed E-state index contributed by atoms with van der Waals surface area (Å²) >= 11 is 8.80. The molecule has 0 aliphatic rings. The Bertz CT molecular complexity index is 308. The first-order valence-corrected chi connectivity index (χ1v) is 5.99. The molecule has 0 bridgehead atoms. The molecule has 0 aliphatic heterocycles. The zero-order valence-electron chi connectivity index (χ0n) is 7.97. The second kappa shape index (κ2) is 5.52. The van der Waals surface area contributed by atoms with Gasteiger partial charge in [-0.05, 0) is 29.1 Å². The van der Waals surface area contributed by atoms with Gasteiger partial charge < -0.3 is 0 Å². The van der Waals surface area contributed by atoms with Crippen molar-refractivity contribution in [1.29, 1.82) is 0 Å². The van der Waals surface area contributed by atoms with Crippen LogP contribution in [-0.2, 0) is 11.2 Å². The Labute approximate surface area is 97.6 Å². The van der Waals surface area contributed by atoms with Crippen LogP contribution >= 0.6 is 27.5 Å². The Kier molecular flexibility index (Phi) is 4.63. The molecule has 0 amide bonds. The van der Waals surface area contributed by atoms with Gasteiger partial charge in [0.1, 0.15) is 0 Å². The van der Waals surface area contributed by atoms with Gasteiger partial charge in [0.15, 0.2) is 0 Å². The van der Waals surface area contributed by atoms with Gasteiger partial charge in [-0.3, -0.25) is 4.79 Å². The number of carbonyl (C=O) groups is 1. The topological polar surface area (TPSA) is 17.1 Å². The Balaban J connectivity index is 2.77. The highest BCUT2D eigenvalue weighted by atomic mass is 79.9. The lowest BCUT2D eigenvalue weighted by Crippen LogP contribution is -2.01. The van der Waals surface area contributed by atoms with E-state index in [0.29, 0.717) is 0 Å². The molecular formula is C11H12BrClO. The van der Waals surface area contributed by atoms with Crippen LogP contribution in [0.1, 0.15) is 24.0 Å². The van der Waals surface area contributed by atoms with E-state index < -0.39 is 0 Å². The first-order chi connectivity index (χ1) is 6.65. The molecule has 0 spiro atoms. The van der Waals surface area contributed by atoms with Crippen molar-refractivity contribution in [3.8, 4) is 0 Å². The smallest absolute Gasteiger partial charge is 0.228 e. The molecule has 3 heteroatoms. The van der Waals surface area contributed by atoms with Crippen LogP contribution in [0.3, 0.4) is 0 Å². The summed E-state index contributed by atoms with van der Waals surface area (Å²) in [6.45, 7) is 1.81. The van der Waals surface area contributed by atoms with Crippen LogP contribution in [0.15, 0.2) is 24.3 Å². The van der Waals surface area contributed by atoms with Crippen LogP contribution in [0.2, 0.25) is 0 Å². The van der Waals surface area contributed by atoms with Crippen LogP contribution < -0.4 is 0 Å². The van der Waals surface area contributed by atoms with E-state index in [1.54, 1.807) is 0 Å². The maximum absolute atomic E-state index is 10.9. The van der Waals surface area contributed by atoms with Crippen molar-refractivity contribution >= 4 is 32.8 Å². The van der Waals surface area contributed by atoms with E-state index in [9.17, 15) is 4.79 Å². The third-order valence-corrected chi connectivity index (χ3v) is 2.93. The van der Waals surface area contributed by atoms with Crippen LogP contribution in [0.5, 0.6) is 0 Å². The number of rotatable bonds is 4. The van der Waals surface area contributed by atoms with E-state index in [0.717, 1.165) is 17.3 Å². The minimum atomic E-state index is -0.307. The number of hydrogen-bond acceptors (Lipinski definition) is 1. The molecule has 1 unspecified atom stereocenters. The fraction of sp³-hybridized carbons (Fsp3) is 0.364. The normalized spacial score (nSPS) is 12.5. The van der Waals surface area contributed by atoms with E-state index in [1.165, 1.54) is 5.56 Å². The maximum atomic E-state index is 10.9. The highest BCUT2D eigenvalue weighted by Crippen LogP contribution is 2.18. The molecule has 1 nitrogen and oxygen atoms in total. The molecule has 76 valence electrons. The summed E-state index contributed by atoms with van der Waals surface area (Å²) in [5, 5.41) is 0.648. The molecule has 0 saturated carbocycles. The average molecular weight is 276 g/mol. The number of carbonyl (C=O) groups excluding carboxylic acids is 1. The molecule has 14 heavy (non-hydrogen) atoms. The monoisotopic (exact) mass is 274 g/mol. The Hall–Kier alpha value is -0.340. The summed E-state index contributed by atoms with van der Waals surface area (Å²) < 4.78 is 0. The Morgan fingerprint density at radius 1 is 1.43 bits per heavy atom. The lowest BCUT2D eigenvalue weighted by molar-refractivity contribution is -0.112. The second-order valence-electron chi connectivity index (χ2n) is 3.21. The average Bonchev–Trinajstić information content (AvgIpc) is 2.18. The van der Waals surface area contributed by atoms with Crippen LogP contribution in [0, 0.1) is 0 Å². The quantitative estimate of drug-likeness (QED) is 0.607. The highest BCUT2D eigenvalue weighted by Gasteiger charge is 2.11. The second-order valence-corrected chi connectivity index (χ2v) is 4.37. The molecule has 0 N–H and O–H groups in total. The molecule has 1 aromatic rings. The number of hydrogen-bond donors (Lipinski definition) is 0. The van der Waals surface area contributed by atoms with E-state index in [4.69, 9.17) is 11.6 Å². The van der Waals surface area contributed by atoms with Crippen molar-refractivity contribution in [1.82, 2.24) is 0 Å². The summed E-state index contributed by atoms with van der Waals surface area (Å²) in [5.41, 5.74) is 2.24. The largest absolute Gasteiger partial charge is 0.281 e. The van der Waals surface area contributed by atoms with Gasteiger partial charge >= 0.3 is 0 Å². The number of aryl methyl sites for hydroxylation is 1. The van der Waals surface area contributed by atoms with Gasteiger partial charge in [0.2, 0.25) is 5.24 Å². The molecule has 0 fully saturated rings. The molecule has 1 rings (SSSR count). The van der Waals surface area contributed by atoms with Crippen LogP contribution in [0.4, 0.5) is 0 Å². The third-order valence-electron chi connectivity index (χ3n) is 2.20. The lowest BCUT2D eigenvalue weighted by Gasteiger charge is -2.07. The van der Waals surface area contributed by atoms with Gasteiger partial charge in [0.05, 0.1) is 5.92 Å². The summed E-state index contributed by atoms with van der Waals surface area (Å²) in [6, 6.07) is 7.99. The van der Waals surface area contributed by atoms with Gasteiger partial charge in [0, 0.05) is 5.33 Å². The van der Waals surface area contributed by atoms with Gasteiger partial charge in [-0.25, -0.2) is 0 Å². The molecule has 0 heterocycles. The predicted octanol–water partition coefficient (Wildman–Crippen LogP) is 3.49. The van der Waals surface area contributed by atoms with Crippen molar-refractivity contribution < 1.29 is 4.79 Å².